The molecule has 18 radical (unpaired) electrons. The third-order valence-electron chi connectivity index (χ3n) is 6.73. The van der Waals surface area contributed by atoms with Gasteiger partial charge in [0.15, 0.2) is 0 Å². The van der Waals surface area contributed by atoms with Crippen molar-refractivity contribution in [3.8, 4) is 0 Å². The Morgan fingerprint density at radius 3 is 1.93 bits per heavy atom. The van der Waals surface area contributed by atoms with Crippen LogP contribution in [-0.2, 0) is 4.74 Å². The Labute approximate surface area is 302 Å². The first-order valence-electron chi connectivity index (χ1n) is 13.4. The number of rotatable bonds is 8. The van der Waals surface area contributed by atoms with Gasteiger partial charge in [0.25, 0.3) is 0 Å². The summed E-state index contributed by atoms with van der Waals surface area (Å²) in [6.07, 6.45) is -5.02. The summed E-state index contributed by atoms with van der Waals surface area (Å²) in [5, 5.41) is 1.02. The third-order valence-corrected chi connectivity index (χ3v) is 9.99. The normalized spacial score (nSPS) is 10.0. The van der Waals surface area contributed by atoms with Crippen molar-refractivity contribution in [2.24, 2.45) is 0 Å². The molecule has 25 heteroatoms. The summed E-state index contributed by atoms with van der Waals surface area (Å²) in [7, 11) is 50.4. The summed E-state index contributed by atoms with van der Waals surface area (Å²) in [4.78, 5) is 23.1. The van der Waals surface area contributed by atoms with Gasteiger partial charge in [-0.25, -0.2) is 14.8 Å². The summed E-state index contributed by atoms with van der Waals surface area (Å²) >= 11 is 5.45. The zero-order chi connectivity index (χ0) is 32.7. The van der Waals surface area contributed by atoms with E-state index in [2.05, 4.69) is 37.5 Å². The predicted molar refractivity (Wildman–Crippen MR) is 223 cm³/mol. The van der Waals surface area contributed by atoms with E-state index in [1.807, 2.05) is 35.8 Å². The molecule has 198 valence electrons. The lowest BCUT2D eigenvalue weighted by molar-refractivity contribution is 0.0520. The minimum atomic E-state index is -0.807. The van der Waals surface area contributed by atoms with Crippen molar-refractivity contribution in [3.05, 3.63) is 50.6 Å². The van der Waals surface area contributed by atoms with Crippen LogP contribution >= 0.6 is 45.3 Å². The number of nitrogen functional groups attached to an aromatic ring is 1. The second-order valence-electron chi connectivity index (χ2n) is 9.84. The Balaban J connectivity index is 0.000000237. The lowest BCUT2D eigenvalue weighted by atomic mass is 8.44. The van der Waals surface area contributed by atoms with E-state index in [1.165, 1.54) is 4.70 Å². The van der Waals surface area contributed by atoms with Gasteiger partial charge in [-0.2, -0.15) is 0 Å². The summed E-state index contributed by atoms with van der Waals surface area (Å²) in [6.45, 7) is 2.17. The smallest absolute Gasteiger partial charge is 0.354 e. The van der Waals surface area contributed by atoms with E-state index >= 15 is 0 Å². The van der Waals surface area contributed by atoms with Crippen molar-refractivity contribution in [2.45, 2.75) is 14.4 Å². The van der Waals surface area contributed by atoms with Crippen LogP contribution in [0.3, 0.4) is 0 Å². The molecule has 45 heavy (non-hydrogen) atoms. The monoisotopic (exact) mass is 714 g/mol. The number of H-pyrrole nitrogens is 1. The molecule has 0 spiro atoms. The molecule has 0 saturated heterocycles. The van der Waals surface area contributed by atoms with Crippen LogP contribution in [0.15, 0.2) is 41.4 Å². The number of aromatic nitrogens is 3. The van der Waals surface area contributed by atoms with Gasteiger partial charge in [0.2, 0.25) is 0 Å². The minimum Gasteiger partial charge on any atom is -0.461 e. The van der Waals surface area contributed by atoms with E-state index in [0.29, 0.717) is 12.3 Å². The van der Waals surface area contributed by atoms with Gasteiger partial charge in [0, 0.05) is 131 Å². The van der Waals surface area contributed by atoms with E-state index < -0.39 is 44.7 Å². The van der Waals surface area contributed by atoms with E-state index in [-0.39, 0.29) is 13.4 Å². The molecule has 5 rings (SSSR count). The van der Waals surface area contributed by atoms with Crippen LogP contribution in [0.4, 0.5) is 5.69 Å². The molecule has 0 aliphatic heterocycles. The largest absolute Gasteiger partial charge is 0.461 e. The average molecular weight is 711 g/mol. The molecular weight excluding hydrogens is 692 g/mol. The Morgan fingerprint density at radius 1 is 0.867 bits per heavy atom. The van der Waals surface area contributed by atoms with Crippen LogP contribution in [0.5, 0.6) is 0 Å². The van der Waals surface area contributed by atoms with Gasteiger partial charge < -0.3 is 15.5 Å². The number of aromatic amines is 1. The quantitative estimate of drug-likeness (QED) is 0.102. The van der Waals surface area contributed by atoms with Crippen molar-refractivity contribution in [2.75, 3.05) is 12.3 Å². The Kier molecular flexibility index (Phi) is 16.3. The van der Waals surface area contributed by atoms with Gasteiger partial charge >= 0.3 is 5.97 Å². The number of benzene rings is 2. The highest BCUT2D eigenvalue weighted by atomic mass is 127. The average Bonchev–Trinajstić information content (AvgIpc) is 3.72. The first-order valence-corrected chi connectivity index (χ1v) is 16.2. The number of carbonyl (C=O) groups excluding carboxylic acids is 1. The lowest BCUT2D eigenvalue weighted by Gasteiger charge is -2.37. The number of nitrogens with zero attached hydrogens (tertiary/aromatic N) is 2. The number of hydrogen-bond donors (Lipinski definition) is 2. The fraction of sp³-hybridized carbons (Fsp3) is 0.150. The first kappa shape index (κ1) is 40.0. The molecular formula is C20H19B16IN4O2S2. The zero-order valence-corrected chi connectivity index (χ0v) is 27.8. The van der Waals surface area contributed by atoms with E-state index in [4.69, 9.17) is 80.1 Å². The van der Waals surface area contributed by atoms with Crippen LogP contribution in [0, 0.1) is 3.57 Å². The topological polar surface area (TPSA) is 93.9 Å². The number of ether oxygens (including phenoxy) is 1. The molecule has 2 aromatic carbocycles. The molecule has 6 nitrogen and oxygen atoms in total. The molecule has 3 N–H and O–H groups in total. The minimum absolute atomic E-state index is 0. The molecule has 3 heterocycles. The Morgan fingerprint density at radius 2 is 1.40 bits per heavy atom. The van der Waals surface area contributed by atoms with Crippen LogP contribution in [0.1, 0.15) is 24.8 Å². The molecule has 0 atom stereocenters. The molecule has 0 bridgehead atoms. The SMILES string of the molecule is C.CCOC(=O)c1cc2c(ccc3ncsc32)[nH]1.Nc1ccc2ncsc2c1I.[B]B([B])B([B])B(B([B])[B])B(B([B])[B])B([B])[B]. The fourth-order valence-corrected chi connectivity index (χ4v) is 6.93. The Bertz CT molecular complexity index is 1660. The second-order valence-corrected chi connectivity index (χ2v) is 12.6. The van der Waals surface area contributed by atoms with Crippen molar-refractivity contribution in [3.63, 3.8) is 0 Å². The van der Waals surface area contributed by atoms with Gasteiger partial charge in [-0.05, 0) is 59.8 Å². The summed E-state index contributed by atoms with van der Waals surface area (Å²) < 4.78 is 8.36. The van der Waals surface area contributed by atoms with Crippen LogP contribution in [0.25, 0.3) is 31.3 Å². The third kappa shape index (κ3) is 10.1. The number of hydrogen-bond acceptors (Lipinski definition) is 7. The number of nitrogens with two attached hydrogens (primary N) is 1. The van der Waals surface area contributed by atoms with E-state index in [1.54, 1.807) is 35.1 Å². The fourth-order valence-electron chi connectivity index (χ4n) is 4.55. The van der Waals surface area contributed by atoms with Crippen molar-refractivity contribution in [1.29, 1.82) is 0 Å². The molecule has 3 aromatic heterocycles. The molecule has 0 saturated carbocycles. The molecule has 0 aliphatic rings. The molecule has 5 aromatic rings. The Hall–Kier alpha value is -1.20. The number of carbonyl (C=O) groups is 1. The van der Waals surface area contributed by atoms with Gasteiger partial charge in [-0.3, -0.25) is 0 Å². The maximum Gasteiger partial charge on any atom is 0.354 e. The first-order chi connectivity index (χ1) is 20.8. The van der Waals surface area contributed by atoms with Crippen LogP contribution < -0.4 is 5.73 Å². The maximum absolute atomic E-state index is 11.6. The molecule has 0 aliphatic carbocycles. The van der Waals surface area contributed by atoms with Gasteiger partial charge in [-0.1, -0.05) is 7.43 Å². The number of nitrogens with one attached hydrogen (secondary N) is 1. The standard InChI is InChI=1S/C12H10N2O2S.C7H5IN2S.CH4.B16/c1-2-16-12(15)10-5-7-8(14-10)3-4-9-11(7)17-6-13-9;8-6-4(9)1-2-5-7(6)11-3-10-5;;1-10(2)14(9)16(13(7)8)15(11(3)4)12(5)6/h3-6,14H,2H2,1H3;1-3H,9H2;1H4;. The predicted octanol–water partition coefficient (Wildman–Crippen LogP) is -0.0193. The van der Waals surface area contributed by atoms with Crippen LogP contribution in [0.2, 0.25) is 0 Å². The van der Waals surface area contributed by atoms with Gasteiger partial charge in [-0.15, -0.1) is 22.7 Å². The van der Waals surface area contributed by atoms with E-state index in [9.17, 15) is 4.79 Å². The maximum atomic E-state index is 11.6. The number of thiazole rings is 2. The highest BCUT2D eigenvalue weighted by molar-refractivity contribution is 14.1. The number of anilines is 1. The summed E-state index contributed by atoms with van der Waals surface area (Å²) in [5.41, 5.74) is 13.6. The highest BCUT2D eigenvalue weighted by Crippen LogP contribution is 2.29. The van der Waals surface area contributed by atoms with E-state index in [0.717, 1.165) is 35.9 Å². The lowest BCUT2D eigenvalue weighted by Crippen LogP contribution is -2.75. The number of esters is 1. The number of halogens is 1. The highest BCUT2D eigenvalue weighted by Gasteiger charge is 2.38. The molecule has 0 amide bonds. The van der Waals surface area contributed by atoms with Gasteiger partial charge in [0.1, 0.15) is 5.69 Å². The van der Waals surface area contributed by atoms with Crippen molar-refractivity contribution < 1.29 is 9.53 Å². The van der Waals surface area contributed by atoms with Crippen molar-refractivity contribution >= 4 is 203 Å². The summed E-state index contributed by atoms with van der Waals surface area (Å²) in [6, 6.07) is 9.54. The zero-order valence-electron chi connectivity index (χ0n) is 24.0. The number of fused-ring (bicyclic) bond motifs is 4. The molecule has 0 fully saturated rings. The van der Waals surface area contributed by atoms with Crippen LogP contribution in [-0.4, -0.2) is 142 Å². The summed E-state index contributed by atoms with van der Waals surface area (Å²) in [5.74, 6) is -0.318. The second kappa shape index (κ2) is 18.4. The van der Waals surface area contributed by atoms with Gasteiger partial charge in [0.05, 0.1) is 41.6 Å². The van der Waals surface area contributed by atoms with Crippen molar-refractivity contribution in [1.82, 2.24) is 15.0 Å². The molecule has 0 unspecified atom stereocenters.